The van der Waals surface area contributed by atoms with E-state index in [-0.39, 0.29) is 17.9 Å². The summed E-state index contributed by atoms with van der Waals surface area (Å²) in [5.41, 5.74) is 4.04. The summed E-state index contributed by atoms with van der Waals surface area (Å²) >= 11 is 5.59. The van der Waals surface area contributed by atoms with E-state index in [2.05, 4.69) is 0 Å². The fraction of sp³-hybridized carbons (Fsp3) is 0.231. The summed E-state index contributed by atoms with van der Waals surface area (Å²) in [4.78, 5) is 24.4. The predicted octanol–water partition coefficient (Wildman–Crippen LogP) is 2.42. The summed E-state index contributed by atoms with van der Waals surface area (Å²) in [6.07, 6.45) is 0.242. The minimum Gasteiger partial charge on any atom is -0.478 e. The molecule has 0 aromatic heterocycles. The van der Waals surface area contributed by atoms with E-state index in [0.717, 1.165) is 16.8 Å². The first kappa shape index (κ1) is 12.6. The molecule has 0 saturated carbocycles. The minimum atomic E-state index is -0.986. The molecule has 0 aliphatic carbocycles. The third-order valence-corrected chi connectivity index (χ3v) is 3.23. The van der Waals surface area contributed by atoms with Gasteiger partial charge in [-0.1, -0.05) is 11.6 Å². The van der Waals surface area contributed by atoms with E-state index in [1.54, 1.807) is 17.0 Å². The molecule has 0 bridgehead atoms. The average Bonchev–Trinajstić information content (AvgIpc) is 2.64. The lowest BCUT2D eigenvalue weighted by Gasteiger charge is -2.17. The Morgan fingerprint density at radius 2 is 2.28 bits per heavy atom. The van der Waals surface area contributed by atoms with Crippen LogP contribution in [-0.2, 0) is 11.2 Å². The predicted molar refractivity (Wildman–Crippen MR) is 69.1 cm³/mol. The molecule has 1 aliphatic rings. The number of hydrogen-bond donors (Lipinski definition) is 1. The van der Waals surface area contributed by atoms with Crippen LogP contribution < -0.4 is 4.90 Å². The van der Waals surface area contributed by atoms with Gasteiger partial charge in [0.25, 0.3) is 0 Å². The zero-order valence-electron chi connectivity index (χ0n) is 9.81. The molecule has 1 N–H and O–H groups in total. The summed E-state index contributed by atoms with van der Waals surface area (Å²) in [6.45, 7) is 2.27. The largest absolute Gasteiger partial charge is 0.478 e. The van der Waals surface area contributed by atoms with Crippen molar-refractivity contribution in [2.75, 3.05) is 11.4 Å². The Morgan fingerprint density at radius 3 is 2.89 bits per heavy atom. The van der Waals surface area contributed by atoms with Crippen LogP contribution in [0.15, 0.2) is 29.3 Å². The number of carbonyl (C=O) groups excluding carboxylic acids is 1. The van der Waals surface area contributed by atoms with Gasteiger partial charge in [-0.25, -0.2) is 4.79 Å². The maximum atomic E-state index is 11.9. The van der Waals surface area contributed by atoms with Crippen LogP contribution in [0.5, 0.6) is 0 Å². The number of amides is 1. The van der Waals surface area contributed by atoms with Crippen molar-refractivity contribution < 1.29 is 14.7 Å². The zero-order valence-corrected chi connectivity index (χ0v) is 10.6. The van der Waals surface area contributed by atoms with Gasteiger partial charge in [-0.15, -0.1) is 0 Å². The first-order valence-electron chi connectivity index (χ1n) is 5.45. The Morgan fingerprint density at radius 1 is 1.56 bits per heavy atom. The molecule has 1 heterocycles. The Balaban J connectivity index is 2.35. The summed E-state index contributed by atoms with van der Waals surface area (Å²) < 4.78 is 0. The number of aromatic carboxylic acids is 1. The Bertz CT molecular complexity index is 551. The van der Waals surface area contributed by atoms with Gasteiger partial charge >= 0.3 is 5.97 Å². The van der Waals surface area contributed by atoms with Crippen molar-refractivity contribution >= 4 is 29.2 Å². The van der Waals surface area contributed by atoms with Crippen LogP contribution in [-0.4, -0.2) is 23.5 Å². The van der Waals surface area contributed by atoms with Crippen LogP contribution in [0.2, 0.25) is 0 Å². The van der Waals surface area contributed by atoms with Crippen molar-refractivity contribution in [3.05, 3.63) is 40.4 Å². The number of hydrogen-bond acceptors (Lipinski definition) is 2. The van der Waals surface area contributed by atoms with Gasteiger partial charge in [0.15, 0.2) is 0 Å². The molecule has 2 rings (SSSR count). The number of halogens is 1. The highest BCUT2D eigenvalue weighted by atomic mass is 35.5. The average molecular weight is 266 g/mol. The van der Waals surface area contributed by atoms with E-state index in [9.17, 15) is 9.59 Å². The Hall–Kier alpha value is -1.81. The second-order valence-corrected chi connectivity index (χ2v) is 4.48. The molecule has 0 unspecified atom stereocenters. The summed E-state index contributed by atoms with van der Waals surface area (Å²) in [5.74, 6) is -1.02. The molecular formula is C13H12ClNO3. The summed E-state index contributed by atoms with van der Waals surface area (Å²) in [5, 5.41) is 8.91. The monoisotopic (exact) mass is 265 g/mol. The highest BCUT2D eigenvalue weighted by Crippen LogP contribution is 2.30. The molecule has 1 amide bonds. The number of rotatable bonds is 3. The van der Waals surface area contributed by atoms with Gasteiger partial charge < -0.3 is 10.0 Å². The van der Waals surface area contributed by atoms with E-state index in [1.165, 1.54) is 11.6 Å². The zero-order chi connectivity index (χ0) is 13.3. The minimum absolute atomic E-state index is 0.0367. The van der Waals surface area contributed by atoms with Crippen molar-refractivity contribution in [1.82, 2.24) is 0 Å². The standard InChI is InChI=1S/C13H12ClNO3/c1-8(6-14)7-15-11-3-2-9(13(17)18)4-10(11)5-12(15)16/h2-4,6H,5,7H2,1H3,(H,17,18)/b8-6-. The van der Waals surface area contributed by atoms with E-state index < -0.39 is 5.97 Å². The van der Waals surface area contributed by atoms with Crippen LogP contribution in [0.4, 0.5) is 5.69 Å². The quantitative estimate of drug-likeness (QED) is 0.913. The van der Waals surface area contributed by atoms with Gasteiger partial charge in [-0.3, -0.25) is 4.79 Å². The molecule has 5 heteroatoms. The van der Waals surface area contributed by atoms with Crippen molar-refractivity contribution in [2.24, 2.45) is 0 Å². The number of nitrogens with zero attached hydrogens (tertiary/aromatic N) is 1. The maximum Gasteiger partial charge on any atom is 0.335 e. The number of fused-ring (bicyclic) bond motifs is 1. The molecule has 18 heavy (non-hydrogen) atoms. The molecular weight excluding hydrogens is 254 g/mol. The fourth-order valence-corrected chi connectivity index (χ4v) is 2.04. The van der Waals surface area contributed by atoms with Gasteiger partial charge in [0, 0.05) is 17.8 Å². The van der Waals surface area contributed by atoms with Crippen LogP contribution >= 0.6 is 11.6 Å². The first-order valence-corrected chi connectivity index (χ1v) is 5.89. The molecule has 94 valence electrons. The normalized spacial score (nSPS) is 14.9. The lowest BCUT2D eigenvalue weighted by molar-refractivity contribution is -0.117. The van der Waals surface area contributed by atoms with Gasteiger partial charge in [0.2, 0.25) is 5.91 Å². The lowest BCUT2D eigenvalue weighted by Crippen LogP contribution is -2.28. The molecule has 0 fully saturated rings. The van der Waals surface area contributed by atoms with Gasteiger partial charge in [0.1, 0.15) is 0 Å². The SMILES string of the molecule is C/C(=C/Cl)CN1C(=O)Cc2cc(C(=O)O)ccc21. The van der Waals surface area contributed by atoms with Crippen LogP contribution in [0.25, 0.3) is 0 Å². The number of anilines is 1. The first-order chi connectivity index (χ1) is 8.52. The van der Waals surface area contributed by atoms with E-state index >= 15 is 0 Å². The fourth-order valence-electron chi connectivity index (χ4n) is 1.97. The third kappa shape index (κ3) is 2.24. The molecule has 1 aromatic carbocycles. The number of benzene rings is 1. The molecule has 0 radical (unpaired) electrons. The second kappa shape index (κ2) is 4.82. The van der Waals surface area contributed by atoms with Crippen molar-refractivity contribution in [3.8, 4) is 0 Å². The number of carboxylic acids is 1. The van der Waals surface area contributed by atoms with Crippen LogP contribution in [0, 0.1) is 0 Å². The van der Waals surface area contributed by atoms with Crippen molar-refractivity contribution in [3.63, 3.8) is 0 Å². The molecule has 1 aliphatic heterocycles. The number of carbonyl (C=O) groups is 2. The third-order valence-electron chi connectivity index (χ3n) is 2.85. The lowest BCUT2D eigenvalue weighted by atomic mass is 10.1. The summed E-state index contributed by atoms with van der Waals surface area (Å²) in [6, 6.07) is 4.73. The van der Waals surface area contributed by atoms with Gasteiger partial charge in [0.05, 0.1) is 12.0 Å². The molecule has 0 atom stereocenters. The molecule has 1 aromatic rings. The molecule has 0 saturated heterocycles. The summed E-state index contributed by atoms with van der Waals surface area (Å²) in [7, 11) is 0. The smallest absolute Gasteiger partial charge is 0.335 e. The van der Waals surface area contributed by atoms with E-state index in [0.29, 0.717) is 6.54 Å². The Kier molecular flexibility index (Phi) is 3.39. The number of carboxylic acid groups (broad SMARTS) is 1. The van der Waals surface area contributed by atoms with Crippen LogP contribution in [0.1, 0.15) is 22.8 Å². The van der Waals surface area contributed by atoms with Gasteiger partial charge in [-0.05, 0) is 36.3 Å². The van der Waals surface area contributed by atoms with E-state index in [4.69, 9.17) is 16.7 Å². The van der Waals surface area contributed by atoms with E-state index in [1.807, 2.05) is 6.92 Å². The van der Waals surface area contributed by atoms with Crippen molar-refractivity contribution in [2.45, 2.75) is 13.3 Å². The Labute approximate surface area is 109 Å². The highest BCUT2D eigenvalue weighted by Gasteiger charge is 2.27. The van der Waals surface area contributed by atoms with Crippen LogP contribution in [0.3, 0.4) is 0 Å². The van der Waals surface area contributed by atoms with Gasteiger partial charge in [-0.2, -0.15) is 0 Å². The topological polar surface area (TPSA) is 57.6 Å². The van der Waals surface area contributed by atoms with Crippen molar-refractivity contribution in [1.29, 1.82) is 0 Å². The second-order valence-electron chi connectivity index (χ2n) is 4.26. The molecule has 0 spiro atoms. The highest BCUT2D eigenvalue weighted by molar-refractivity contribution is 6.25. The molecule has 4 nitrogen and oxygen atoms in total. The maximum absolute atomic E-state index is 11.9.